The van der Waals surface area contributed by atoms with Crippen LogP contribution in [0.2, 0.25) is 5.02 Å². The fourth-order valence-corrected chi connectivity index (χ4v) is 5.37. The molecule has 0 amide bonds. The fourth-order valence-electron chi connectivity index (χ4n) is 2.52. The number of benzene rings is 1. The number of rotatable bonds is 6. The molecule has 0 aliphatic heterocycles. The van der Waals surface area contributed by atoms with E-state index in [1.807, 2.05) is 0 Å². The monoisotopic (exact) mass is 482 g/mol. The van der Waals surface area contributed by atoms with Crippen LogP contribution in [0.3, 0.4) is 0 Å². The lowest BCUT2D eigenvalue weighted by atomic mass is 10.3. The second-order valence-electron chi connectivity index (χ2n) is 5.90. The van der Waals surface area contributed by atoms with E-state index < -0.39 is 22.0 Å². The predicted molar refractivity (Wildman–Crippen MR) is 105 cm³/mol. The van der Waals surface area contributed by atoms with Crippen molar-refractivity contribution in [2.45, 2.75) is 18.0 Å². The summed E-state index contributed by atoms with van der Waals surface area (Å²) in [7, 11) is -1.38. The first kappa shape index (κ1) is 22.2. The molecule has 0 saturated heterocycles. The highest BCUT2D eigenvalue weighted by Crippen LogP contribution is 2.40. The van der Waals surface area contributed by atoms with Gasteiger partial charge in [0.05, 0.1) is 29.8 Å². The Morgan fingerprint density at radius 1 is 1.13 bits per heavy atom. The maximum absolute atomic E-state index is 12.9. The minimum absolute atomic E-state index is 0.0660. The van der Waals surface area contributed by atoms with Crippen LogP contribution in [-0.4, -0.2) is 27.8 Å². The molecule has 0 aliphatic rings. The van der Waals surface area contributed by atoms with E-state index in [1.165, 1.54) is 39.3 Å². The SMILES string of the molecule is COc1cc(OC)c(NS(=O)(=O)c2cc(-c3cc(C(F)(F)F)on3)sc2C)cc1Cl. The maximum atomic E-state index is 12.9. The van der Waals surface area contributed by atoms with Crippen LogP contribution in [0.25, 0.3) is 10.6 Å². The lowest BCUT2D eigenvalue weighted by Crippen LogP contribution is -2.14. The molecule has 0 atom stereocenters. The molecule has 2 heterocycles. The van der Waals surface area contributed by atoms with Crippen LogP contribution in [0, 0.1) is 6.92 Å². The summed E-state index contributed by atoms with van der Waals surface area (Å²) in [5.41, 5.74) is -0.0572. The van der Waals surface area contributed by atoms with Gasteiger partial charge in [-0.15, -0.1) is 11.3 Å². The number of aryl methyl sites for hydroxylation is 1. The highest BCUT2D eigenvalue weighted by Gasteiger charge is 2.36. The molecule has 0 fully saturated rings. The number of anilines is 1. The summed E-state index contributed by atoms with van der Waals surface area (Å²) >= 11 is 7.03. The first-order valence-electron chi connectivity index (χ1n) is 8.05. The minimum Gasteiger partial charge on any atom is -0.495 e. The zero-order valence-electron chi connectivity index (χ0n) is 15.6. The lowest BCUT2D eigenvalue weighted by molar-refractivity contribution is -0.155. The summed E-state index contributed by atoms with van der Waals surface area (Å²) in [6.07, 6.45) is -4.70. The number of hydrogen-bond acceptors (Lipinski definition) is 7. The molecule has 2 aromatic heterocycles. The molecule has 0 spiro atoms. The van der Waals surface area contributed by atoms with Crippen LogP contribution in [-0.2, 0) is 16.2 Å². The Hall–Kier alpha value is -2.44. The average Bonchev–Trinajstić information content (AvgIpc) is 3.28. The largest absolute Gasteiger partial charge is 0.495 e. The Balaban J connectivity index is 1.97. The molecule has 3 rings (SSSR count). The second kappa shape index (κ2) is 8.00. The molecule has 0 bridgehead atoms. The highest BCUT2D eigenvalue weighted by molar-refractivity contribution is 7.93. The number of thiophene rings is 1. The zero-order chi connectivity index (χ0) is 22.3. The van der Waals surface area contributed by atoms with Crippen molar-refractivity contribution in [3.05, 3.63) is 39.9 Å². The molecule has 7 nitrogen and oxygen atoms in total. The maximum Gasteiger partial charge on any atom is 0.452 e. The normalized spacial score (nSPS) is 12.1. The van der Waals surface area contributed by atoms with Crippen molar-refractivity contribution in [2.24, 2.45) is 0 Å². The van der Waals surface area contributed by atoms with E-state index in [4.69, 9.17) is 21.1 Å². The Morgan fingerprint density at radius 3 is 2.37 bits per heavy atom. The van der Waals surface area contributed by atoms with Crippen molar-refractivity contribution in [1.82, 2.24) is 5.16 Å². The van der Waals surface area contributed by atoms with E-state index >= 15 is 0 Å². The minimum atomic E-state index is -4.70. The quantitative estimate of drug-likeness (QED) is 0.519. The number of methoxy groups -OCH3 is 2. The highest BCUT2D eigenvalue weighted by atomic mass is 35.5. The molecular formula is C17H14ClF3N2O5S2. The smallest absolute Gasteiger partial charge is 0.452 e. The molecule has 0 radical (unpaired) electrons. The molecule has 0 aliphatic carbocycles. The van der Waals surface area contributed by atoms with Crippen molar-refractivity contribution in [3.63, 3.8) is 0 Å². The van der Waals surface area contributed by atoms with Crippen molar-refractivity contribution in [1.29, 1.82) is 0 Å². The van der Waals surface area contributed by atoms with E-state index in [0.29, 0.717) is 10.9 Å². The fraction of sp³-hybridized carbons (Fsp3) is 0.235. The van der Waals surface area contributed by atoms with E-state index in [2.05, 4.69) is 14.4 Å². The van der Waals surface area contributed by atoms with Gasteiger partial charge in [0.2, 0.25) is 5.76 Å². The van der Waals surface area contributed by atoms with Gasteiger partial charge in [0.1, 0.15) is 22.1 Å². The van der Waals surface area contributed by atoms with Gasteiger partial charge in [0, 0.05) is 17.0 Å². The summed E-state index contributed by atoms with van der Waals surface area (Å²) in [5, 5.41) is 3.53. The number of halogens is 4. The molecule has 162 valence electrons. The Bertz CT molecular complexity index is 1190. The van der Waals surface area contributed by atoms with E-state index in [0.717, 1.165) is 11.3 Å². The van der Waals surface area contributed by atoms with E-state index in [-0.39, 0.29) is 37.7 Å². The molecule has 30 heavy (non-hydrogen) atoms. The molecule has 1 N–H and O–H groups in total. The van der Waals surface area contributed by atoms with Crippen LogP contribution in [0.15, 0.2) is 33.7 Å². The van der Waals surface area contributed by atoms with Gasteiger partial charge in [-0.1, -0.05) is 16.8 Å². The predicted octanol–water partition coefficient (Wildman–Crippen LogP) is 5.20. The lowest BCUT2D eigenvalue weighted by Gasteiger charge is -2.14. The van der Waals surface area contributed by atoms with Crippen LogP contribution in [0.5, 0.6) is 11.5 Å². The molecular weight excluding hydrogens is 469 g/mol. The van der Waals surface area contributed by atoms with Gasteiger partial charge in [-0.3, -0.25) is 4.72 Å². The second-order valence-corrected chi connectivity index (χ2v) is 9.21. The number of ether oxygens (including phenoxy) is 2. The van der Waals surface area contributed by atoms with Crippen molar-refractivity contribution in [3.8, 4) is 22.1 Å². The van der Waals surface area contributed by atoms with Crippen LogP contribution in [0.1, 0.15) is 10.6 Å². The summed E-state index contributed by atoms with van der Waals surface area (Å²) in [5.74, 6) is -0.820. The van der Waals surface area contributed by atoms with Gasteiger partial charge in [0.25, 0.3) is 10.0 Å². The molecule has 0 saturated carbocycles. The topological polar surface area (TPSA) is 90.7 Å². The van der Waals surface area contributed by atoms with Crippen molar-refractivity contribution >= 4 is 38.6 Å². The number of hydrogen-bond donors (Lipinski definition) is 1. The molecule has 0 unspecified atom stereocenters. The van der Waals surface area contributed by atoms with Crippen LogP contribution >= 0.6 is 22.9 Å². The van der Waals surface area contributed by atoms with Gasteiger partial charge in [-0.25, -0.2) is 8.42 Å². The van der Waals surface area contributed by atoms with Gasteiger partial charge < -0.3 is 14.0 Å². The van der Waals surface area contributed by atoms with Gasteiger partial charge in [0.15, 0.2) is 0 Å². The molecule has 1 aromatic carbocycles. The standard InChI is InChI=1S/C17H14ClF3N2O5S2/c1-8-15(7-14(29-8)11-5-16(28-22-11)17(19,20)21)30(24,25)23-10-4-9(18)12(26-2)6-13(10)27-3/h4-7,23H,1-3H3. The van der Waals surface area contributed by atoms with E-state index in [9.17, 15) is 21.6 Å². The third-order valence-electron chi connectivity index (χ3n) is 3.92. The number of sulfonamides is 1. The average molecular weight is 483 g/mol. The summed E-state index contributed by atoms with van der Waals surface area (Å²) in [6, 6.07) is 4.67. The van der Waals surface area contributed by atoms with Gasteiger partial charge in [-0.05, 0) is 19.1 Å². The number of alkyl halides is 3. The van der Waals surface area contributed by atoms with Gasteiger partial charge >= 0.3 is 6.18 Å². The summed E-state index contributed by atoms with van der Waals surface area (Å²) in [6.45, 7) is 1.52. The number of nitrogens with zero attached hydrogens (tertiary/aromatic N) is 1. The van der Waals surface area contributed by atoms with Crippen LogP contribution < -0.4 is 14.2 Å². The van der Waals surface area contributed by atoms with Crippen LogP contribution in [0.4, 0.5) is 18.9 Å². The van der Waals surface area contributed by atoms with Crippen molar-refractivity contribution < 1.29 is 35.6 Å². The number of nitrogens with one attached hydrogen (secondary N) is 1. The molecule has 13 heteroatoms. The first-order chi connectivity index (χ1) is 14.0. The van der Waals surface area contributed by atoms with Crippen molar-refractivity contribution in [2.75, 3.05) is 18.9 Å². The Morgan fingerprint density at radius 2 is 1.80 bits per heavy atom. The Labute approximate surface area is 178 Å². The third-order valence-corrected chi connectivity index (χ3v) is 6.91. The summed E-state index contributed by atoms with van der Waals surface area (Å²) < 4.78 is 80.9. The van der Waals surface area contributed by atoms with Gasteiger partial charge in [-0.2, -0.15) is 13.2 Å². The summed E-state index contributed by atoms with van der Waals surface area (Å²) in [4.78, 5) is 0.410. The Kier molecular flexibility index (Phi) is 5.94. The first-order valence-corrected chi connectivity index (χ1v) is 10.7. The third kappa shape index (κ3) is 4.35. The van der Waals surface area contributed by atoms with E-state index in [1.54, 1.807) is 0 Å². The molecule has 3 aromatic rings. The number of aromatic nitrogens is 1. The zero-order valence-corrected chi connectivity index (χ0v) is 18.0.